The van der Waals surface area contributed by atoms with Gasteiger partial charge in [-0.2, -0.15) is 0 Å². The molecule has 1 N–H and O–H groups in total. The number of halogens is 4. The van der Waals surface area contributed by atoms with Gasteiger partial charge in [-0.05, 0) is 23.8 Å². The Labute approximate surface area is 110 Å². The summed E-state index contributed by atoms with van der Waals surface area (Å²) in [6.07, 6.45) is -3.41. The Kier molecular flexibility index (Phi) is 3.53. The van der Waals surface area contributed by atoms with E-state index < -0.39 is 11.9 Å². The molecule has 1 aromatic heterocycles. The Morgan fingerprint density at radius 3 is 2.63 bits per heavy atom. The van der Waals surface area contributed by atoms with Crippen LogP contribution < -0.4 is 10.3 Å². The number of hydrogen-bond donors (Lipinski definition) is 1. The number of aromatic nitrogens is 1. The summed E-state index contributed by atoms with van der Waals surface area (Å²) >= 11 is 5.81. The summed E-state index contributed by atoms with van der Waals surface area (Å²) in [5.74, 6) is -0.374. The normalized spacial score (nSPS) is 11.4. The largest absolute Gasteiger partial charge is 0.573 e. The van der Waals surface area contributed by atoms with Crippen LogP contribution in [0.4, 0.5) is 13.2 Å². The van der Waals surface area contributed by atoms with Crippen molar-refractivity contribution in [3.63, 3.8) is 0 Å². The van der Waals surface area contributed by atoms with Gasteiger partial charge in [-0.3, -0.25) is 4.79 Å². The standard InChI is InChI=1S/C12H7ClF3NO2/c13-10-9(4-5-17-11(10)18)7-2-1-3-8(6-7)19-12(14,15)16/h1-6H,(H,17,18). The third-order valence-corrected chi connectivity index (χ3v) is 2.65. The van der Waals surface area contributed by atoms with Gasteiger partial charge >= 0.3 is 6.36 Å². The molecule has 0 radical (unpaired) electrons. The Morgan fingerprint density at radius 2 is 1.95 bits per heavy atom. The van der Waals surface area contributed by atoms with Crippen molar-refractivity contribution >= 4 is 11.6 Å². The Bertz CT molecular complexity index is 652. The van der Waals surface area contributed by atoms with Gasteiger partial charge in [0.25, 0.3) is 5.56 Å². The van der Waals surface area contributed by atoms with Crippen molar-refractivity contribution in [1.29, 1.82) is 0 Å². The highest BCUT2D eigenvalue weighted by molar-refractivity contribution is 6.33. The van der Waals surface area contributed by atoms with Crippen LogP contribution in [-0.4, -0.2) is 11.3 Å². The summed E-state index contributed by atoms with van der Waals surface area (Å²) in [6.45, 7) is 0. The average Bonchev–Trinajstić information content (AvgIpc) is 2.31. The molecule has 0 saturated carbocycles. The maximum Gasteiger partial charge on any atom is 0.573 e. The van der Waals surface area contributed by atoms with Crippen molar-refractivity contribution in [2.75, 3.05) is 0 Å². The van der Waals surface area contributed by atoms with E-state index in [2.05, 4.69) is 9.72 Å². The zero-order valence-corrected chi connectivity index (χ0v) is 10.0. The zero-order valence-electron chi connectivity index (χ0n) is 9.29. The number of hydrogen-bond acceptors (Lipinski definition) is 2. The third-order valence-electron chi connectivity index (χ3n) is 2.28. The second-order valence-corrected chi connectivity index (χ2v) is 3.99. The molecule has 1 heterocycles. The maximum absolute atomic E-state index is 12.1. The number of ether oxygens (including phenoxy) is 1. The van der Waals surface area contributed by atoms with E-state index in [1.807, 2.05) is 0 Å². The minimum atomic E-state index is -4.77. The summed E-state index contributed by atoms with van der Waals surface area (Å²) in [6, 6.07) is 6.74. The average molecular weight is 290 g/mol. The molecule has 7 heteroatoms. The number of benzene rings is 1. The highest BCUT2D eigenvalue weighted by Gasteiger charge is 2.31. The SMILES string of the molecule is O=c1[nH]ccc(-c2cccc(OC(F)(F)F)c2)c1Cl. The first-order valence-electron chi connectivity index (χ1n) is 5.10. The number of rotatable bonds is 2. The van der Waals surface area contributed by atoms with E-state index in [9.17, 15) is 18.0 Å². The molecule has 100 valence electrons. The van der Waals surface area contributed by atoms with Gasteiger partial charge in [0, 0.05) is 11.8 Å². The van der Waals surface area contributed by atoms with Gasteiger partial charge in [-0.15, -0.1) is 13.2 Å². The zero-order chi connectivity index (χ0) is 14.0. The first-order chi connectivity index (χ1) is 8.87. The fraction of sp³-hybridized carbons (Fsp3) is 0.0833. The van der Waals surface area contributed by atoms with E-state index in [4.69, 9.17) is 11.6 Å². The number of aromatic amines is 1. The van der Waals surface area contributed by atoms with Crippen molar-refractivity contribution in [1.82, 2.24) is 4.98 Å². The second kappa shape index (κ2) is 4.97. The van der Waals surface area contributed by atoms with Crippen LogP contribution in [0.2, 0.25) is 5.02 Å². The van der Waals surface area contributed by atoms with Crippen LogP contribution in [0, 0.1) is 0 Å². The fourth-order valence-corrected chi connectivity index (χ4v) is 1.77. The number of H-pyrrole nitrogens is 1. The van der Waals surface area contributed by atoms with Crippen LogP contribution >= 0.6 is 11.6 Å². The van der Waals surface area contributed by atoms with Crippen molar-refractivity contribution in [2.24, 2.45) is 0 Å². The van der Waals surface area contributed by atoms with Crippen molar-refractivity contribution < 1.29 is 17.9 Å². The van der Waals surface area contributed by atoms with E-state index in [0.29, 0.717) is 11.1 Å². The molecule has 2 aromatic rings. The van der Waals surface area contributed by atoms with Crippen molar-refractivity contribution in [2.45, 2.75) is 6.36 Å². The smallest absolute Gasteiger partial charge is 0.406 e. The summed E-state index contributed by atoms with van der Waals surface area (Å²) in [4.78, 5) is 13.7. The van der Waals surface area contributed by atoms with Gasteiger partial charge in [0.05, 0.1) is 0 Å². The highest BCUT2D eigenvalue weighted by Crippen LogP contribution is 2.30. The second-order valence-electron chi connectivity index (χ2n) is 3.61. The van der Waals surface area contributed by atoms with Crippen LogP contribution in [0.1, 0.15) is 0 Å². The third kappa shape index (κ3) is 3.29. The molecule has 0 aliphatic heterocycles. The van der Waals surface area contributed by atoms with E-state index in [-0.39, 0.29) is 10.8 Å². The molecule has 0 fully saturated rings. The summed E-state index contributed by atoms with van der Waals surface area (Å²) < 4.78 is 40.2. The Balaban J connectivity index is 2.44. The lowest BCUT2D eigenvalue weighted by Crippen LogP contribution is -2.17. The van der Waals surface area contributed by atoms with Gasteiger partial charge in [0.2, 0.25) is 0 Å². The molecular formula is C12H7ClF3NO2. The van der Waals surface area contributed by atoms with E-state index in [1.54, 1.807) is 0 Å². The molecular weight excluding hydrogens is 283 g/mol. The van der Waals surface area contributed by atoms with E-state index in [1.165, 1.54) is 24.4 Å². The molecule has 2 rings (SSSR count). The summed E-state index contributed by atoms with van der Waals surface area (Å²) in [7, 11) is 0. The fourth-order valence-electron chi connectivity index (χ4n) is 1.54. The molecule has 0 amide bonds. The van der Waals surface area contributed by atoms with Gasteiger partial charge in [-0.1, -0.05) is 23.7 Å². The number of pyridine rings is 1. The van der Waals surface area contributed by atoms with Gasteiger partial charge < -0.3 is 9.72 Å². The van der Waals surface area contributed by atoms with Gasteiger partial charge in [0.1, 0.15) is 10.8 Å². The molecule has 3 nitrogen and oxygen atoms in total. The quantitative estimate of drug-likeness (QED) is 0.918. The Morgan fingerprint density at radius 1 is 1.21 bits per heavy atom. The van der Waals surface area contributed by atoms with Crippen molar-refractivity contribution in [3.05, 3.63) is 51.9 Å². The molecule has 0 aliphatic carbocycles. The highest BCUT2D eigenvalue weighted by atomic mass is 35.5. The molecule has 0 bridgehead atoms. The molecule has 19 heavy (non-hydrogen) atoms. The predicted octanol–water partition coefficient (Wildman–Crippen LogP) is 3.59. The molecule has 0 saturated heterocycles. The van der Waals surface area contributed by atoms with Crippen LogP contribution in [0.5, 0.6) is 5.75 Å². The summed E-state index contributed by atoms with van der Waals surface area (Å²) in [5.41, 5.74) is 0.178. The van der Waals surface area contributed by atoms with Crippen LogP contribution in [0.25, 0.3) is 11.1 Å². The lowest BCUT2D eigenvalue weighted by molar-refractivity contribution is -0.274. The minimum absolute atomic E-state index is 0.0911. The molecule has 0 aliphatic rings. The predicted molar refractivity (Wildman–Crippen MR) is 64.2 cm³/mol. The molecule has 0 spiro atoms. The van der Waals surface area contributed by atoms with Crippen molar-refractivity contribution in [3.8, 4) is 16.9 Å². The molecule has 1 aromatic carbocycles. The van der Waals surface area contributed by atoms with E-state index >= 15 is 0 Å². The topological polar surface area (TPSA) is 42.1 Å². The van der Waals surface area contributed by atoms with Gasteiger partial charge in [-0.25, -0.2) is 0 Å². The molecule has 0 unspecified atom stereocenters. The van der Waals surface area contributed by atoms with Crippen LogP contribution in [-0.2, 0) is 0 Å². The molecule has 0 atom stereocenters. The monoisotopic (exact) mass is 289 g/mol. The lowest BCUT2D eigenvalue weighted by Gasteiger charge is -2.10. The number of alkyl halides is 3. The minimum Gasteiger partial charge on any atom is -0.406 e. The first-order valence-corrected chi connectivity index (χ1v) is 5.48. The first kappa shape index (κ1) is 13.5. The summed E-state index contributed by atoms with van der Waals surface area (Å²) in [5, 5.41) is -0.0911. The Hall–Kier alpha value is -1.95. The van der Waals surface area contributed by atoms with Crippen LogP contribution in [0.3, 0.4) is 0 Å². The number of nitrogens with one attached hydrogen (secondary N) is 1. The van der Waals surface area contributed by atoms with E-state index in [0.717, 1.165) is 12.1 Å². The van der Waals surface area contributed by atoms with Crippen LogP contribution in [0.15, 0.2) is 41.3 Å². The maximum atomic E-state index is 12.1. The van der Waals surface area contributed by atoms with Gasteiger partial charge in [0.15, 0.2) is 0 Å². The lowest BCUT2D eigenvalue weighted by atomic mass is 10.1.